The van der Waals surface area contributed by atoms with Gasteiger partial charge in [0, 0.05) is 19.0 Å². The fourth-order valence-electron chi connectivity index (χ4n) is 0.992. The van der Waals surface area contributed by atoms with Crippen LogP contribution in [0.5, 0.6) is 0 Å². The van der Waals surface area contributed by atoms with Gasteiger partial charge in [-0.25, -0.2) is 0 Å². The number of unbranched alkanes of at least 4 members (excludes halogenated alkanes) is 1. The molecule has 0 aliphatic carbocycles. The number of nitrogens with one attached hydrogen (secondary N) is 1. The van der Waals surface area contributed by atoms with Crippen LogP contribution in [-0.4, -0.2) is 19.0 Å². The highest BCUT2D eigenvalue weighted by atomic mass is 16.1. The van der Waals surface area contributed by atoms with E-state index in [2.05, 4.69) is 12.2 Å². The van der Waals surface area contributed by atoms with Crippen LogP contribution < -0.4 is 11.1 Å². The van der Waals surface area contributed by atoms with Gasteiger partial charge in [0.1, 0.15) is 0 Å². The van der Waals surface area contributed by atoms with E-state index in [1.165, 1.54) is 0 Å². The second kappa shape index (κ2) is 7.10. The molecule has 1 amide bonds. The van der Waals surface area contributed by atoms with Gasteiger partial charge >= 0.3 is 0 Å². The molecule has 1 unspecified atom stereocenters. The van der Waals surface area contributed by atoms with E-state index in [1.807, 2.05) is 6.92 Å². The van der Waals surface area contributed by atoms with Crippen molar-refractivity contribution in [1.82, 2.24) is 5.32 Å². The van der Waals surface area contributed by atoms with Crippen molar-refractivity contribution in [2.75, 3.05) is 13.1 Å². The molecule has 0 aromatic heterocycles. The molecule has 72 valence electrons. The molecule has 0 rings (SSSR count). The number of hydrogen-bond acceptors (Lipinski definition) is 2. The summed E-state index contributed by atoms with van der Waals surface area (Å²) in [6.45, 7) is 5.32. The van der Waals surface area contributed by atoms with Crippen molar-refractivity contribution < 1.29 is 4.79 Å². The monoisotopic (exact) mass is 172 g/mol. The number of hydrogen-bond donors (Lipinski definition) is 2. The SMILES string of the molecule is CCCCNC(=O)C(CC)CN. The first-order valence-electron chi connectivity index (χ1n) is 4.74. The lowest BCUT2D eigenvalue weighted by molar-refractivity contribution is -0.124. The fourth-order valence-corrected chi connectivity index (χ4v) is 0.992. The smallest absolute Gasteiger partial charge is 0.224 e. The van der Waals surface area contributed by atoms with Crippen LogP contribution in [0, 0.1) is 5.92 Å². The van der Waals surface area contributed by atoms with E-state index in [1.54, 1.807) is 0 Å². The molecule has 3 nitrogen and oxygen atoms in total. The molecular weight excluding hydrogens is 152 g/mol. The molecule has 0 heterocycles. The van der Waals surface area contributed by atoms with Gasteiger partial charge in [-0.3, -0.25) is 4.79 Å². The molecule has 0 fully saturated rings. The van der Waals surface area contributed by atoms with Crippen molar-refractivity contribution >= 4 is 5.91 Å². The molecule has 1 atom stereocenters. The largest absolute Gasteiger partial charge is 0.356 e. The van der Waals surface area contributed by atoms with E-state index in [-0.39, 0.29) is 11.8 Å². The van der Waals surface area contributed by atoms with Gasteiger partial charge in [-0.05, 0) is 12.8 Å². The Hall–Kier alpha value is -0.570. The van der Waals surface area contributed by atoms with Gasteiger partial charge < -0.3 is 11.1 Å². The summed E-state index contributed by atoms with van der Waals surface area (Å²) in [5.74, 6) is 0.107. The third-order valence-electron chi connectivity index (χ3n) is 1.98. The zero-order valence-electron chi connectivity index (χ0n) is 8.10. The minimum absolute atomic E-state index is 0.00172. The summed E-state index contributed by atoms with van der Waals surface area (Å²) < 4.78 is 0. The summed E-state index contributed by atoms with van der Waals surface area (Å²) in [4.78, 5) is 11.3. The van der Waals surface area contributed by atoms with Gasteiger partial charge in [0.2, 0.25) is 5.91 Å². The average molecular weight is 172 g/mol. The maximum atomic E-state index is 11.3. The predicted octanol–water partition coefficient (Wildman–Crippen LogP) is 0.888. The van der Waals surface area contributed by atoms with Crippen LogP contribution in [0.15, 0.2) is 0 Å². The summed E-state index contributed by atoms with van der Waals surface area (Å²) in [7, 11) is 0. The van der Waals surface area contributed by atoms with E-state index in [0.29, 0.717) is 6.54 Å². The number of carbonyl (C=O) groups excluding carboxylic acids is 1. The van der Waals surface area contributed by atoms with Gasteiger partial charge in [0.15, 0.2) is 0 Å². The highest BCUT2D eigenvalue weighted by Crippen LogP contribution is 1.99. The van der Waals surface area contributed by atoms with E-state index >= 15 is 0 Å². The molecule has 3 N–H and O–H groups in total. The molecule has 0 aromatic carbocycles. The lowest BCUT2D eigenvalue weighted by Crippen LogP contribution is -2.35. The molecular formula is C9H20N2O. The Morgan fingerprint density at radius 2 is 2.17 bits per heavy atom. The zero-order valence-corrected chi connectivity index (χ0v) is 8.10. The molecule has 0 aliphatic rings. The molecule has 0 bridgehead atoms. The number of rotatable bonds is 6. The quantitative estimate of drug-likeness (QED) is 0.584. The van der Waals surface area contributed by atoms with Crippen LogP contribution in [0.3, 0.4) is 0 Å². The molecule has 0 radical (unpaired) electrons. The van der Waals surface area contributed by atoms with Gasteiger partial charge in [0.05, 0.1) is 0 Å². The van der Waals surface area contributed by atoms with E-state index in [4.69, 9.17) is 5.73 Å². The second-order valence-electron chi connectivity index (χ2n) is 2.99. The summed E-state index contributed by atoms with van der Waals surface area (Å²) in [5.41, 5.74) is 5.43. The van der Waals surface area contributed by atoms with Crippen molar-refractivity contribution in [1.29, 1.82) is 0 Å². The van der Waals surface area contributed by atoms with E-state index in [0.717, 1.165) is 25.8 Å². The Morgan fingerprint density at radius 1 is 1.50 bits per heavy atom. The van der Waals surface area contributed by atoms with Crippen molar-refractivity contribution in [2.45, 2.75) is 33.1 Å². The Morgan fingerprint density at radius 3 is 2.58 bits per heavy atom. The highest BCUT2D eigenvalue weighted by Gasteiger charge is 2.12. The molecule has 0 saturated heterocycles. The standard InChI is InChI=1S/C9H20N2O/c1-3-5-6-11-9(12)8(4-2)7-10/h8H,3-7,10H2,1-2H3,(H,11,12). The zero-order chi connectivity index (χ0) is 9.40. The Balaban J connectivity index is 3.54. The maximum absolute atomic E-state index is 11.3. The first-order valence-corrected chi connectivity index (χ1v) is 4.74. The number of amides is 1. The van der Waals surface area contributed by atoms with E-state index < -0.39 is 0 Å². The highest BCUT2D eigenvalue weighted by molar-refractivity contribution is 5.78. The summed E-state index contributed by atoms with van der Waals surface area (Å²) >= 11 is 0. The minimum atomic E-state index is 0.00172. The third-order valence-corrected chi connectivity index (χ3v) is 1.98. The van der Waals surface area contributed by atoms with Crippen LogP contribution in [0.2, 0.25) is 0 Å². The number of nitrogens with two attached hydrogens (primary N) is 1. The maximum Gasteiger partial charge on any atom is 0.224 e. The van der Waals surface area contributed by atoms with Crippen molar-refractivity contribution in [3.63, 3.8) is 0 Å². The van der Waals surface area contributed by atoms with Crippen LogP contribution in [0.4, 0.5) is 0 Å². The first-order chi connectivity index (χ1) is 5.76. The lowest BCUT2D eigenvalue weighted by atomic mass is 10.1. The third kappa shape index (κ3) is 4.34. The normalized spacial score (nSPS) is 12.6. The number of carbonyl (C=O) groups is 1. The molecule has 0 spiro atoms. The molecule has 3 heteroatoms. The molecule has 12 heavy (non-hydrogen) atoms. The fraction of sp³-hybridized carbons (Fsp3) is 0.889. The van der Waals surface area contributed by atoms with Crippen LogP contribution in [-0.2, 0) is 4.79 Å². The topological polar surface area (TPSA) is 55.1 Å². The summed E-state index contributed by atoms with van der Waals surface area (Å²) in [5, 5.41) is 2.87. The average Bonchev–Trinajstić information content (AvgIpc) is 2.07. The van der Waals surface area contributed by atoms with Crippen molar-refractivity contribution in [3.05, 3.63) is 0 Å². The molecule has 0 aromatic rings. The summed E-state index contributed by atoms with van der Waals surface area (Å²) in [6.07, 6.45) is 2.99. The van der Waals surface area contributed by atoms with Crippen LogP contribution in [0.25, 0.3) is 0 Å². The van der Waals surface area contributed by atoms with Crippen LogP contribution >= 0.6 is 0 Å². The Labute approximate surface area is 74.7 Å². The molecule has 0 saturated carbocycles. The van der Waals surface area contributed by atoms with Gasteiger partial charge in [-0.1, -0.05) is 20.3 Å². The van der Waals surface area contributed by atoms with Crippen LogP contribution in [0.1, 0.15) is 33.1 Å². The van der Waals surface area contributed by atoms with Gasteiger partial charge in [-0.15, -0.1) is 0 Å². The Kier molecular flexibility index (Phi) is 6.76. The first kappa shape index (κ1) is 11.4. The van der Waals surface area contributed by atoms with E-state index in [9.17, 15) is 4.79 Å². The second-order valence-corrected chi connectivity index (χ2v) is 2.99. The minimum Gasteiger partial charge on any atom is -0.356 e. The molecule has 0 aliphatic heterocycles. The van der Waals surface area contributed by atoms with Crippen molar-refractivity contribution in [2.24, 2.45) is 11.7 Å². The predicted molar refractivity (Wildman–Crippen MR) is 50.8 cm³/mol. The van der Waals surface area contributed by atoms with Crippen molar-refractivity contribution in [3.8, 4) is 0 Å². The lowest BCUT2D eigenvalue weighted by Gasteiger charge is -2.11. The van der Waals surface area contributed by atoms with Gasteiger partial charge in [-0.2, -0.15) is 0 Å². The summed E-state index contributed by atoms with van der Waals surface area (Å²) in [6, 6.07) is 0. The van der Waals surface area contributed by atoms with Gasteiger partial charge in [0.25, 0.3) is 0 Å². The Bertz CT molecular complexity index is 122.